The number of para-hydroxylation sites is 2. The second-order valence-corrected chi connectivity index (χ2v) is 8.68. The minimum Gasteiger partial charge on any atom is -0.405 e. The minimum atomic E-state index is -0.259. The number of allylic oxidation sites excluding steroid dienone is 1. The van der Waals surface area contributed by atoms with Crippen LogP contribution in [0.4, 0.5) is 11.6 Å². The molecular formula is C25H31N8O+. The third-order valence-corrected chi connectivity index (χ3v) is 6.14. The van der Waals surface area contributed by atoms with Crippen LogP contribution in [0.1, 0.15) is 31.4 Å². The zero-order valence-electron chi connectivity index (χ0n) is 19.3. The van der Waals surface area contributed by atoms with E-state index in [0.29, 0.717) is 18.1 Å². The summed E-state index contributed by atoms with van der Waals surface area (Å²) in [7, 11) is 0. The number of nitrogens with two attached hydrogens (primary N) is 2. The molecule has 2 aromatic heterocycles. The van der Waals surface area contributed by atoms with Crippen LogP contribution < -0.4 is 16.4 Å². The van der Waals surface area contributed by atoms with Gasteiger partial charge in [0.25, 0.3) is 0 Å². The number of piperidine rings is 1. The van der Waals surface area contributed by atoms with Crippen molar-refractivity contribution in [3.63, 3.8) is 0 Å². The monoisotopic (exact) mass is 459 g/mol. The van der Waals surface area contributed by atoms with E-state index < -0.39 is 0 Å². The molecule has 0 unspecified atom stereocenters. The number of rotatable bonds is 9. The summed E-state index contributed by atoms with van der Waals surface area (Å²) in [5.41, 5.74) is 14.2. The van der Waals surface area contributed by atoms with Gasteiger partial charge in [-0.25, -0.2) is 15.0 Å². The summed E-state index contributed by atoms with van der Waals surface area (Å²) in [4.78, 5) is 32.5. The van der Waals surface area contributed by atoms with Crippen molar-refractivity contribution in [3.8, 4) is 0 Å². The molecule has 0 radical (unpaired) electrons. The average molecular weight is 460 g/mol. The molecule has 0 amide bonds. The summed E-state index contributed by atoms with van der Waals surface area (Å²) in [5.74, 6) is 1.44. The Bertz CT molecular complexity index is 1180. The molecule has 1 saturated heterocycles. The van der Waals surface area contributed by atoms with E-state index in [2.05, 4.69) is 19.9 Å². The number of hydrogen-bond donors (Lipinski definition) is 2. The van der Waals surface area contributed by atoms with Gasteiger partial charge in [0, 0.05) is 40.9 Å². The predicted octanol–water partition coefficient (Wildman–Crippen LogP) is 3.26. The first kappa shape index (κ1) is 23.4. The maximum Gasteiger partial charge on any atom is 0.233 e. The summed E-state index contributed by atoms with van der Waals surface area (Å²) in [6.07, 6.45) is 9.71. The highest BCUT2D eigenvalue weighted by Gasteiger charge is 2.31. The van der Waals surface area contributed by atoms with Crippen molar-refractivity contribution in [3.05, 3.63) is 71.5 Å². The Morgan fingerprint density at radius 2 is 1.88 bits per heavy atom. The fourth-order valence-corrected chi connectivity index (χ4v) is 4.19. The van der Waals surface area contributed by atoms with Gasteiger partial charge in [-0.05, 0) is 55.8 Å². The number of anilines is 1. The van der Waals surface area contributed by atoms with Crippen molar-refractivity contribution in [1.82, 2.24) is 15.0 Å². The zero-order valence-corrected chi connectivity index (χ0v) is 19.3. The van der Waals surface area contributed by atoms with E-state index in [1.54, 1.807) is 18.4 Å². The SMILES string of the molecule is NC=CC=Nc1cccc(C[N+](=O)CCCC2(N)CCN(c3cnc4ccccc4n3)CC2)n1. The average Bonchev–Trinajstić information content (AvgIpc) is 2.84. The number of nitrogens with zero attached hydrogens (tertiary/aromatic N) is 6. The fourth-order valence-electron chi connectivity index (χ4n) is 4.19. The smallest absolute Gasteiger partial charge is 0.233 e. The third-order valence-electron chi connectivity index (χ3n) is 6.14. The first-order valence-corrected chi connectivity index (χ1v) is 11.6. The van der Waals surface area contributed by atoms with Crippen molar-refractivity contribution in [2.75, 3.05) is 24.5 Å². The van der Waals surface area contributed by atoms with E-state index in [1.165, 1.54) is 6.20 Å². The van der Waals surface area contributed by atoms with E-state index in [0.717, 1.165) is 60.4 Å². The lowest BCUT2D eigenvalue weighted by molar-refractivity contribution is -0.565. The van der Waals surface area contributed by atoms with Gasteiger partial charge in [0.15, 0.2) is 12.4 Å². The number of nitroso groups, excluding NO2 is 1. The summed E-state index contributed by atoms with van der Waals surface area (Å²) >= 11 is 0. The zero-order chi connectivity index (χ0) is 23.8. The Balaban J connectivity index is 1.23. The Morgan fingerprint density at radius 1 is 1.09 bits per heavy atom. The molecule has 1 aliphatic rings. The lowest BCUT2D eigenvalue weighted by Gasteiger charge is -2.39. The summed E-state index contributed by atoms with van der Waals surface area (Å²) in [6.45, 7) is 2.31. The van der Waals surface area contributed by atoms with Gasteiger partial charge >= 0.3 is 0 Å². The lowest BCUT2D eigenvalue weighted by Crippen LogP contribution is -2.50. The predicted molar refractivity (Wildman–Crippen MR) is 135 cm³/mol. The van der Waals surface area contributed by atoms with E-state index in [9.17, 15) is 4.91 Å². The highest BCUT2D eigenvalue weighted by molar-refractivity contribution is 5.75. The number of hydrogen-bond acceptors (Lipinski definition) is 8. The van der Waals surface area contributed by atoms with Crippen molar-refractivity contribution in [2.24, 2.45) is 16.5 Å². The fraction of sp³-hybridized carbons (Fsp3) is 0.360. The standard InChI is InChI=1S/C25H31N8O/c26-13-5-14-28-23-9-3-6-20(30-23)19-33(34)15-4-10-25(27)11-16-32(17-12-25)24-18-29-21-7-1-2-8-22(21)31-24/h1-3,5-9,13-14,18H,4,10-12,15-17,19,26-27H2/q+1. The van der Waals surface area contributed by atoms with Crippen LogP contribution in [0.3, 0.4) is 0 Å². The topological polar surface area (TPSA) is 126 Å². The quantitative estimate of drug-likeness (QED) is 0.371. The number of benzene rings is 1. The molecule has 0 aliphatic carbocycles. The van der Waals surface area contributed by atoms with E-state index in [4.69, 9.17) is 16.5 Å². The van der Waals surface area contributed by atoms with Crippen LogP contribution in [0.15, 0.2) is 65.9 Å². The number of aliphatic imine (C=N–C) groups is 1. The molecule has 176 valence electrons. The van der Waals surface area contributed by atoms with Gasteiger partial charge in [-0.1, -0.05) is 18.2 Å². The molecule has 1 fully saturated rings. The Morgan fingerprint density at radius 3 is 2.68 bits per heavy atom. The maximum absolute atomic E-state index is 12.4. The van der Waals surface area contributed by atoms with Crippen LogP contribution in [-0.4, -0.2) is 51.1 Å². The molecule has 3 heterocycles. The van der Waals surface area contributed by atoms with Gasteiger partial charge in [-0.2, -0.15) is 0 Å². The molecule has 0 bridgehead atoms. The molecule has 0 spiro atoms. The van der Waals surface area contributed by atoms with Crippen LogP contribution >= 0.6 is 0 Å². The number of pyridine rings is 1. The van der Waals surface area contributed by atoms with E-state index in [-0.39, 0.29) is 12.1 Å². The highest BCUT2D eigenvalue weighted by Crippen LogP contribution is 2.27. The van der Waals surface area contributed by atoms with Crippen molar-refractivity contribution in [2.45, 2.75) is 37.8 Å². The summed E-state index contributed by atoms with van der Waals surface area (Å²) in [5, 5.41) is 0. The van der Waals surface area contributed by atoms with Gasteiger partial charge in [-0.15, -0.1) is 0 Å². The molecule has 34 heavy (non-hydrogen) atoms. The van der Waals surface area contributed by atoms with Crippen molar-refractivity contribution < 1.29 is 4.76 Å². The largest absolute Gasteiger partial charge is 0.405 e. The Kier molecular flexibility index (Phi) is 7.54. The molecule has 0 saturated carbocycles. The van der Waals surface area contributed by atoms with Gasteiger partial charge < -0.3 is 16.4 Å². The van der Waals surface area contributed by atoms with Crippen molar-refractivity contribution >= 4 is 28.9 Å². The molecule has 1 aromatic carbocycles. The maximum atomic E-state index is 12.4. The highest BCUT2D eigenvalue weighted by atomic mass is 16.3. The third kappa shape index (κ3) is 6.20. The van der Waals surface area contributed by atoms with Gasteiger partial charge in [0.1, 0.15) is 11.5 Å². The summed E-state index contributed by atoms with van der Waals surface area (Å²) < 4.78 is 1.04. The van der Waals surface area contributed by atoms with Crippen LogP contribution in [0.5, 0.6) is 0 Å². The molecule has 3 aromatic rings. The number of aromatic nitrogens is 3. The first-order chi connectivity index (χ1) is 16.5. The first-order valence-electron chi connectivity index (χ1n) is 11.6. The normalized spacial score (nSPS) is 16.0. The molecule has 4 N–H and O–H groups in total. The minimum absolute atomic E-state index is 0.224. The molecule has 1 aliphatic heterocycles. The van der Waals surface area contributed by atoms with Crippen LogP contribution in [0.25, 0.3) is 11.0 Å². The molecule has 0 atom stereocenters. The lowest BCUT2D eigenvalue weighted by atomic mass is 9.84. The molecule has 4 rings (SSSR count). The van der Waals surface area contributed by atoms with E-state index in [1.807, 2.05) is 42.6 Å². The molecule has 9 nitrogen and oxygen atoms in total. The van der Waals surface area contributed by atoms with Crippen LogP contribution in [0, 0.1) is 4.91 Å². The summed E-state index contributed by atoms with van der Waals surface area (Å²) in [6, 6.07) is 13.4. The van der Waals surface area contributed by atoms with Gasteiger partial charge in [0.05, 0.1) is 17.2 Å². The number of fused-ring (bicyclic) bond motifs is 1. The van der Waals surface area contributed by atoms with Gasteiger partial charge in [-0.3, -0.25) is 4.98 Å². The Hall–Kier alpha value is -3.72. The second kappa shape index (κ2) is 10.9. The van der Waals surface area contributed by atoms with E-state index >= 15 is 0 Å². The second-order valence-electron chi connectivity index (χ2n) is 8.68. The molecule has 9 heteroatoms. The van der Waals surface area contributed by atoms with Gasteiger partial charge in [0.2, 0.25) is 6.54 Å². The van der Waals surface area contributed by atoms with Crippen molar-refractivity contribution in [1.29, 1.82) is 0 Å². The Labute approximate surface area is 199 Å². The van der Waals surface area contributed by atoms with Crippen LogP contribution in [0.2, 0.25) is 0 Å². The molecular weight excluding hydrogens is 428 g/mol. The van der Waals surface area contributed by atoms with Crippen LogP contribution in [-0.2, 0) is 6.54 Å².